The Hall–Kier alpha value is -1.42. The summed E-state index contributed by atoms with van der Waals surface area (Å²) in [6.07, 6.45) is 0.779. The number of nitrogens with zero attached hydrogens (tertiary/aromatic N) is 3. The van der Waals surface area contributed by atoms with Gasteiger partial charge in [-0.05, 0) is 51.1 Å². The molecule has 3 rings (SSSR count). The van der Waals surface area contributed by atoms with E-state index in [2.05, 4.69) is 26.0 Å². The van der Waals surface area contributed by atoms with Gasteiger partial charge in [-0.2, -0.15) is 4.31 Å². The summed E-state index contributed by atoms with van der Waals surface area (Å²) in [6.45, 7) is 7.09. The molecule has 0 atom stereocenters. The summed E-state index contributed by atoms with van der Waals surface area (Å²) in [5, 5.41) is 3.78. The molecule has 2 aromatic rings. The highest BCUT2D eigenvalue weighted by Crippen LogP contribution is 2.24. The SMILES string of the molecule is Cc1noc(C)c1S(=O)(=O)N1CCCN(CCOc2ccc(Br)cc2)CC1. The predicted octanol–water partition coefficient (Wildman–Crippen LogP) is 2.83. The summed E-state index contributed by atoms with van der Waals surface area (Å²) in [5.74, 6) is 1.17. The lowest BCUT2D eigenvalue weighted by molar-refractivity contribution is 0.215. The van der Waals surface area contributed by atoms with E-state index in [1.54, 1.807) is 13.8 Å². The topological polar surface area (TPSA) is 75.9 Å². The zero-order valence-electron chi connectivity index (χ0n) is 15.5. The quantitative estimate of drug-likeness (QED) is 0.663. The molecule has 7 nitrogen and oxygen atoms in total. The maximum absolute atomic E-state index is 13.0. The van der Waals surface area contributed by atoms with E-state index in [-0.39, 0.29) is 4.90 Å². The van der Waals surface area contributed by atoms with Crippen LogP contribution in [0.1, 0.15) is 17.9 Å². The third kappa shape index (κ3) is 4.90. The Morgan fingerprint density at radius 2 is 1.89 bits per heavy atom. The Labute approximate surface area is 168 Å². The molecule has 1 fully saturated rings. The van der Waals surface area contributed by atoms with Crippen LogP contribution in [0, 0.1) is 13.8 Å². The van der Waals surface area contributed by atoms with Crippen LogP contribution >= 0.6 is 15.9 Å². The fraction of sp³-hybridized carbons (Fsp3) is 0.500. The van der Waals surface area contributed by atoms with E-state index < -0.39 is 10.0 Å². The number of hydrogen-bond donors (Lipinski definition) is 0. The lowest BCUT2D eigenvalue weighted by atomic mass is 10.3. The smallest absolute Gasteiger partial charge is 0.248 e. The number of ether oxygens (including phenoxy) is 1. The Kier molecular flexibility index (Phi) is 6.56. The second-order valence-electron chi connectivity index (χ2n) is 6.55. The maximum atomic E-state index is 13.0. The van der Waals surface area contributed by atoms with Crippen molar-refractivity contribution in [3.63, 3.8) is 0 Å². The molecule has 0 N–H and O–H groups in total. The van der Waals surface area contributed by atoms with Gasteiger partial charge in [0.25, 0.3) is 0 Å². The zero-order chi connectivity index (χ0) is 19.4. The molecule has 1 aromatic carbocycles. The Morgan fingerprint density at radius 1 is 1.15 bits per heavy atom. The summed E-state index contributed by atoms with van der Waals surface area (Å²) in [5.41, 5.74) is 0.413. The fourth-order valence-corrected chi connectivity index (χ4v) is 5.23. The van der Waals surface area contributed by atoms with E-state index in [1.165, 1.54) is 4.31 Å². The van der Waals surface area contributed by atoms with Crippen molar-refractivity contribution in [1.82, 2.24) is 14.4 Å². The second-order valence-corrected chi connectivity index (χ2v) is 9.35. The third-order valence-electron chi connectivity index (χ3n) is 4.60. The summed E-state index contributed by atoms with van der Waals surface area (Å²) >= 11 is 3.40. The second kappa shape index (κ2) is 8.72. The number of hydrogen-bond acceptors (Lipinski definition) is 6. The molecule has 0 bridgehead atoms. The van der Waals surface area contributed by atoms with E-state index in [0.717, 1.165) is 29.7 Å². The van der Waals surface area contributed by atoms with Crippen molar-refractivity contribution in [1.29, 1.82) is 0 Å². The average Bonchev–Trinajstić information content (AvgIpc) is 2.83. The lowest BCUT2D eigenvalue weighted by Gasteiger charge is -2.21. The molecular formula is C18H24BrN3O4S. The van der Waals surface area contributed by atoms with Gasteiger partial charge >= 0.3 is 0 Å². The van der Waals surface area contributed by atoms with Crippen LogP contribution in [0.5, 0.6) is 5.75 Å². The Balaban J connectivity index is 1.55. The number of sulfonamides is 1. The Morgan fingerprint density at radius 3 is 2.56 bits per heavy atom. The van der Waals surface area contributed by atoms with Crippen molar-refractivity contribution in [2.24, 2.45) is 0 Å². The van der Waals surface area contributed by atoms with Crippen LogP contribution in [-0.2, 0) is 10.0 Å². The molecule has 1 aliphatic rings. The molecule has 0 radical (unpaired) electrons. The van der Waals surface area contributed by atoms with Gasteiger partial charge in [0.15, 0.2) is 5.76 Å². The monoisotopic (exact) mass is 457 g/mol. The minimum Gasteiger partial charge on any atom is -0.492 e. The normalized spacial score (nSPS) is 17.0. The summed E-state index contributed by atoms with van der Waals surface area (Å²) in [6, 6.07) is 7.73. The van der Waals surface area contributed by atoms with Crippen LogP contribution < -0.4 is 4.74 Å². The minimum atomic E-state index is -3.58. The average molecular weight is 458 g/mol. The van der Waals surface area contributed by atoms with E-state index in [4.69, 9.17) is 9.26 Å². The van der Waals surface area contributed by atoms with Gasteiger partial charge in [-0.3, -0.25) is 4.90 Å². The summed E-state index contributed by atoms with van der Waals surface area (Å²) in [7, 11) is -3.58. The van der Waals surface area contributed by atoms with Crippen LogP contribution in [0.2, 0.25) is 0 Å². The van der Waals surface area contributed by atoms with Gasteiger partial charge in [0.1, 0.15) is 22.9 Å². The van der Waals surface area contributed by atoms with Crippen molar-refractivity contribution in [2.75, 3.05) is 39.3 Å². The summed E-state index contributed by atoms with van der Waals surface area (Å²) < 4.78 is 39.3. The van der Waals surface area contributed by atoms with Gasteiger partial charge in [-0.25, -0.2) is 8.42 Å². The van der Waals surface area contributed by atoms with Crippen LogP contribution in [0.3, 0.4) is 0 Å². The summed E-state index contributed by atoms with van der Waals surface area (Å²) in [4.78, 5) is 2.44. The number of benzene rings is 1. The number of rotatable bonds is 6. The predicted molar refractivity (Wildman–Crippen MR) is 105 cm³/mol. The van der Waals surface area contributed by atoms with Crippen molar-refractivity contribution < 1.29 is 17.7 Å². The molecule has 1 saturated heterocycles. The van der Waals surface area contributed by atoms with E-state index in [9.17, 15) is 8.42 Å². The largest absolute Gasteiger partial charge is 0.492 e. The van der Waals surface area contributed by atoms with Crippen LogP contribution in [0.4, 0.5) is 0 Å². The molecule has 0 aliphatic carbocycles. The van der Waals surface area contributed by atoms with Gasteiger partial charge in [0.05, 0.1) is 0 Å². The van der Waals surface area contributed by atoms with Crippen molar-refractivity contribution in [3.05, 3.63) is 40.2 Å². The first-order valence-corrected chi connectivity index (χ1v) is 11.1. The standard InChI is InChI=1S/C18H24BrN3O4S/c1-14-18(15(2)26-20-14)27(23,24)22-9-3-8-21(10-11-22)12-13-25-17-6-4-16(19)5-7-17/h4-7H,3,8-13H2,1-2H3. The molecule has 0 saturated carbocycles. The molecule has 0 amide bonds. The van der Waals surface area contributed by atoms with Crippen LogP contribution in [0.25, 0.3) is 0 Å². The first-order chi connectivity index (χ1) is 12.9. The lowest BCUT2D eigenvalue weighted by Crippen LogP contribution is -2.36. The molecule has 27 heavy (non-hydrogen) atoms. The molecule has 1 aromatic heterocycles. The highest BCUT2D eigenvalue weighted by atomic mass is 79.9. The first-order valence-electron chi connectivity index (χ1n) is 8.91. The molecule has 0 unspecified atom stereocenters. The zero-order valence-corrected chi connectivity index (χ0v) is 17.9. The van der Waals surface area contributed by atoms with Crippen molar-refractivity contribution >= 4 is 26.0 Å². The van der Waals surface area contributed by atoms with Crippen LogP contribution in [-0.4, -0.2) is 62.1 Å². The molecule has 148 valence electrons. The third-order valence-corrected chi connectivity index (χ3v) is 7.28. The highest BCUT2D eigenvalue weighted by Gasteiger charge is 2.32. The van der Waals surface area contributed by atoms with Gasteiger partial charge in [0.2, 0.25) is 10.0 Å². The van der Waals surface area contributed by atoms with Gasteiger partial charge < -0.3 is 9.26 Å². The number of halogens is 1. The maximum Gasteiger partial charge on any atom is 0.248 e. The van der Waals surface area contributed by atoms with E-state index in [1.807, 2.05) is 24.3 Å². The highest BCUT2D eigenvalue weighted by molar-refractivity contribution is 9.10. The molecular weight excluding hydrogens is 434 g/mol. The van der Waals surface area contributed by atoms with E-state index in [0.29, 0.717) is 37.7 Å². The van der Waals surface area contributed by atoms with Gasteiger partial charge in [0, 0.05) is 30.7 Å². The molecule has 9 heteroatoms. The molecule has 1 aliphatic heterocycles. The number of aryl methyl sites for hydroxylation is 2. The van der Waals surface area contributed by atoms with Crippen molar-refractivity contribution in [2.45, 2.75) is 25.2 Å². The van der Waals surface area contributed by atoms with Crippen molar-refractivity contribution in [3.8, 4) is 5.75 Å². The molecule has 0 spiro atoms. The van der Waals surface area contributed by atoms with Gasteiger partial charge in [-0.15, -0.1) is 0 Å². The fourth-order valence-electron chi connectivity index (χ4n) is 3.21. The minimum absolute atomic E-state index is 0.203. The first kappa shape index (κ1) is 20.3. The number of aromatic nitrogens is 1. The van der Waals surface area contributed by atoms with E-state index >= 15 is 0 Å². The Bertz CT molecular complexity index is 848. The molecule has 2 heterocycles. The van der Waals surface area contributed by atoms with Gasteiger partial charge in [-0.1, -0.05) is 21.1 Å². The van der Waals surface area contributed by atoms with Crippen LogP contribution in [0.15, 0.2) is 38.2 Å².